The Labute approximate surface area is 207 Å². The molecule has 0 bridgehead atoms. The minimum Gasteiger partial charge on any atom is -0.494 e. The summed E-state index contributed by atoms with van der Waals surface area (Å²) in [6.07, 6.45) is 3.01. The lowest BCUT2D eigenvalue weighted by Crippen LogP contribution is -2.45. The predicted octanol–water partition coefficient (Wildman–Crippen LogP) is 4.05. The Bertz CT molecular complexity index is 1500. The Morgan fingerprint density at radius 3 is 2.75 bits per heavy atom. The highest BCUT2D eigenvalue weighted by Gasteiger charge is 2.29. The quantitative estimate of drug-likeness (QED) is 0.421. The van der Waals surface area contributed by atoms with Gasteiger partial charge in [0.2, 0.25) is 0 Å². The summed E-state index contributed by atoms with van der Waals surface area (Å²) in [4.78, 5) is 19.7. The van der Waals surface area contributed by atoms with Crippen LogP contribution in [-0.4, -0.2) is 57.8 Å². The summed E-state index contributed by atoms with van der Waals surface area (Å²) < 4.78 is 37.0. The van der Waals surface area contributed by atoms with E-state index >= 15 is 0 Å². The summed E-state index contributed by atoms with van der Waals surface area (Å²) in [5.74, 6) is 1.34. The second-order valence-corrected chi connectivity index (χ2v) is 10.0. The molecule has 1 aliphatic heterocycles. The Hall–Kier alpha value is -3.46. The van der Waals surface area contributed by atoms with Gasteiger partial charge in [-0.2, -0.15) is 0 Å². The third-order valence-corrected chi connectivity index (χ3v) is 7.44. The molecule has 0 unspecified atom stereocenters. The number of hydrogen-bond donors (Lipinski definition) is 1. The highest BCUT2D eigenvalue weighted by Crippen LogP contribution is 2.39. The van der Waals surface area contributed by atoms with Gasteiger partial charge in [0.25, 0.3) is 5.91 Å². The van der Waals surface area contributed by atoms with Gasteiger partial charge < -0.3 is 24.5 Å². The molecule has 7 nitrogen and oxygen atoms in total. The summed E-state index contributed by atoms with van der Waals surface area (Å²) in [7, 11) is 3.52. The van der Waals surface area contributed by atoms with E-state index in [1.54, 1.807) is 12.0 Å². The maximum atomic E-state index is 14.3. The van der Waals surface area contributed by atoms with Crippen LogP contribution in [0.1, 0.15) is 28.8 Å². The molecule has 0 radical (unpaired) electrons. The first kappa shape index (κ1) is 23.0. The number of rotatable bonds is 7. The smallest absolute Gasteiger partial charge is 0.254 e. The molecule has 188 valence electrons. The number of amides is 1. The van der Waals surface area contributed by atoms with Gasteiger partial charge in [-0.25, -0.2) is 13.8 Å². The molecule has 3 heterocycles. The molecule has 6 rings (SSSR count). The molecule has 1 aliphatic carbocycles. The van der Waals surface area contributed by atoms with E-state index in [1.807, 2.05) is 29.8 Å². The number of aromatic nitrogens is 3. The molecule has 2 aromatic heterocycles. The fourth-order valence-corrected chi connectivity index (χ4v) is 5.38. The minimum absolute atomic E-state index is 0.141. The zero-order valence-electron chi connectivity index (χ0n) is 20.4. The van der Waals surface area contributed by atoms with Gasteiger partial charge >= 0.3 is 0 Å². The molecule has 0 spiro atoms. The van der Waals surface area contributed by atoms with E-state index in [1.165, 1.54) is 25.0 Å². The van der Waals surface area contributed by atoms with Crippen LogP contribution in [0.4, 0.5) is 8.78 Å². The van der Waals surface area contributed by atoms with E-state index in [2.05, 4.69) is 4.57 Å². The predicted molar refractivity (Wildman–Crippen MR) is 134 cm³/mol. The molecule has 2 N–H and O–H groups in total. The van der Waals surface area contributed by atoms with Gasteiger partial charge in [-0.05, 0) is 55.0 Å². The minimum atomic E-state index is -0.684. The highest BCUT2D eigenvalue weighted by molar-refractivity contribution is 6.01. The second-order valence-electron chi connectivity index (χ2n) is 10.0. The van der Waals surface area contributed by atoms with Gasteiger partial charge in [0.15, 0.2) is 5.82 Å². The van der Waals surface area contributed by atoms with Crippen LogP contribution < -0.4 is 10.5 Å². The number of fused-ring (bicyclic) bond motifs is 3. The number of carbonyl (C=O) groups excluding carboxylic acids is 1. The zero-order valence-corrected chi connectivity index (χ0v) is 20.4. The number of imidazole rings is 1. The summed E-state index contributed by atoms with van der Waals surface area (Å²) >= 11 is 0. The summed E-state index contributed by atoms with van der Waals surface area (Å²) in [6.45, 7) is 0.850. The molecule has 4 aromatic rings. The number of carbonyl (C=O) groups is 1. The Morgan fingerprint density at radius 1 is 1.22 bits per heavy atom. The average Bonchev–Trinajstić information content (AvgIpc) is 3.54. The van der Waals surface area contributed by atoms with Crippen molar-refractivity contribution >= 4 is 27.8 Å². The molecule has 1 atom stereocenters. The van der Waals surface area contributed by atoms with Gasteiger partial charge in [-0.15, -0.1) is 0 Å². The standard InChI is InChI=1S/C27H29F2N5O2/c1-32-22-8-16-5-6-33(14-19(30)12-28)27(35)20(16)11-21(22)31-26(32)23-9-17-7-18(29)10-24(36-2)25(17)34(23)13-15-3-4-15/h7-11,15,19H,3-6,12-14,30H2,1-2H3/t19-/m1/s1. The first-order valence-corrected chi connectivity index (χ1v) is 12.3. The first-order valence-electron chi connectivity index (χ1n) is 12.3. The van der Waals surface area contributed by atoms with E-state index in [0.717, 1.165) is 40.0 Å². The van der Waals surface area contributed by atoms with Crippen LogP contribution in [0.15, 0.2) is 30.3 Å². The molecular formula is C27H29F2N5O2. The zero-order chi connectivity index (χ0) is 25.1. The molecule has 1 fully saturated rings. The Kier molecular flexibility index (Phi) is 5.48. The van der Waals surface area contributed by atoms with Crippen LogP contribution in [0, 0.1) is 11.7 Å². The van der Waals surface area contributed by atoms with Gasteiger partial charge in [0.1, 0.15) is 18.2 Å². The topological polar surface area (TPSA) is 78.3 Å². The van der Waals surface area contributed by atoms with Crippen molar-refractivity contribution in [2.45, 2.75) is 31.8 Å². The fraction of sp³-hybridized carbons (Fsp3) is 0.407. The molecule has 36 heavy (non-hydrogen) atoms. The van der Waals surface area contributed by atoms with Crippen LogP contribution in [0.25, 0.3) is 33.5 Å². The maximum absolute atomic E-state index is 14.3. The van der Waals surface area contributed by atoms with E-state index in [9.17, 15) is 13.6 Å². The first-order chi connectivity index (χ1) is 17.4. The molecule has 2 aliphatic rings. The van der Waals surface area contributed by atoms with E-state index < -0.39 is 12.7 Å². The van der Waals surface area contributed by atoms with Gasteiger partial charge in [0.05, 0.1) is 35.4 Å². The van der Waals surface area contributed by atoms with Crippen molar-refractivity contribution in [1.82, 2.24) is 19.0 Å². The van der Waals surface area contributed by atoms with Gasteiger partial charge in [-0.3, -0.25) is 4.79 Å². The molecule has 1 amide bonds. The molecular weight excluding hydrogens is 464 g/mol. The molecule has 2 aromatic carbocycles. The van der Waals surface area contributed by atoms with E-state index in [0.29, 0.717) is 35.7 Å². The number of benzene rings is 2. The van der Waals surface area contributed by atoms with E-state index in [4.69, 9.17) is 15.5 Å². The maximum Gasteiger partial charge on any atom is 0.254 e. The van der Waals surface area contributed by atoms with Crippen LogP contribution in [0.2, 0.25) is 0 Å². The van der Waals surface area contributed by atoms with Gasteiger partial charge in [-0.1, -0.05) is 0 Å². The van der Waals surface area contributed by atoms with Crippen molar-refractivity contribution in [1.29, 1.82) is 0 Å². The van der Waals surface area contributed by atoms with Crippen molar-refractivity contribution in [3.63, 3.8) is 0 Å². The number of ether oxygens (including phenoxy) is 1. The van der Waals surface area contributed by atoms with Crippen molar-refractivity contribution in [3.8, 4) is 17.3 Å². The fourth-order valence-electron chi connectivity index (χ4n) is 5.38. The lowest BCUT2D eigenvalue weighted by Gasteiger charge is -2.30. The molecule has 0 saturated heterocycles. The molecule has 9 heteroatoms. The number of halogens is 2. The Morgan fingerprint density at radius 2 is 2.03 bits per heavy atom. The van der Waals surface area contributed by atoms with Crippen molar-refractivity contribution in [2.75, 3.05) is 26.9 Å². The summed E-state index contributed by atoms with van der Waals surface area (Å²) in [5, 5.41) is 0.767. The monoisotopic (exact) mass is 493 g/mol. The number of nitrogens with zero attached hydrogens (tertiary/aromatic N) is 4. The normalized spacial score (nSPS) is 16.7. The van der Waals surface area contributed by atoms with Gasteiger partial charge in [0, 0.05) is 43.7 Å². The lowest BCUT2D eigenvalue weighted by atomic mass is 9.97. The van der Waals surface area contributed by atoms with Crippen molar-refractivity contribution < 1.29 is 18.3 Å². The Balaban J connectivity index is 1.48. The number of aryl methyl sites for hydroxylation is 1. The average molecular weight is 494 g/mol. The summed E-state index contributed by atoms with van der Waals surface area (Å²) in [6, 6.07) is 8.09. The van der Waals surface area contributed by atoms with Crippen LogP contribution >= 0.6 is 0 Å². The number of nitrogens with two attached hydrogens (primary N) is 1. The number of methoxy groups -OCH3 is 1. The van der Waals surface area contributed by atoms with Crippen LogP contribution in [0.3, 0.4) is 0 Å². The third-order valence-electron chi connectivity index (χ3n) is 7.44. The largest absolute Gasteiger partial charge is 0.494 e. The highest BCUT2D eigenvalue weighted by atomic mass is 19.1. The number of hydrogen-bond acceptors (Lipinski definition) is 4. The van der Waals surface area contributed by atoms with Crippen LogP contribution in [-0.2, 0) is 20.0 Å². The third kappa shape index (κ3) is 3.73. The second kappa shape index (κ2) is 8.58. The molecule has 1 saturated carbocycles. The SMILES string of the molecule is COc1cc(F)cc2cc(-c3nc4cc5c(cc4n3C)CCN(C[C@H](N)CF)C5=O)n(CC3CC3)c12. The van der Waals surface area contributed by atoms with Crippen molar-refractivity contribution in [2.24, 2.45) is 18.7 Å². The van der Waals surface area contributed by atoms with E-state index in [-0.39, 0.29) is 18.3 Å². The van der Waals surface area contributed by atoms with Crippen LogP contribution in [0.5, 0.6) is 5.75 Å². The van der Waals surface area contributed by atoms with Crippen molar-refractivity contribution in [3.05, 3.63) is 47.3 Å². The number of alkyl halides is 1. The lowest BCUT2D eigenvalue weighted by molar-refractivity contribution is 0.0725. The summed E-state index contributed by atoms with van der Waals surface area (Å²) in [5.41, 5.74) is 10.7.